The largest absolute Gasteiger partial charge is 0.314 e. The van der Waals surface area contributed by atoms with E-state index in [1.54, 1.807) is 0 Å². The summed E-state index contributed by atoms with van der Waals surface area (Å²) >= 11 is 0. The third kappa shape index (κ3) is 3.89. The molecule has 1 heterocycles. The van der Waals surface area contributed by atoms with E-state index in [1.807, 2.05) is 13.8 Å². The summed E-state index contributed by atoms with van der Waals surface area (Å²) in [4.78, 5) is 0. The van der Waals surface area contributed by atoms with Crippen molar-refractivity contribution in [3.05, 3.63) is 0 Å². The molecule has 1 rings (SSSR count). The molecule has 1 aliphatic rings. The van der Waals surface area contributed by atoms with Crippen molar-refractivity contribution in [1.29, 1.82) is 0 Å². The Morgan fingerprint density at radius 3 is 2.60 bits per heavy atom. The highest BCUT2D eigenvalue weighted by atomic mass is 14.9. The maximum atomic E-state index is 3.46. The van der Waals surface area contributed by atoms with Gasteiger partial charge in [-0.15, -0.1) is 0 Å². The van der Waals surface area contributed by atoms with Crippen LogP contribution in [0, 0.1) is 0 Å². The first-order valence-corrected chi connectivity index (χ1v) is 4.67. The Labute approximate surface area is 66.7 Å². The molecule has 1 saturated heterocycles. The van der Waals surface area contributed by atoms with Crippen molar-refractivity contribution in [3.63, 3.8) is 0 Å². The summed E-state index contributed by atoms with van der Waals surface area (Å²) in [6, 6.07) is 0.861. The third-order valence-electron chi connectivity index (χ3n) is 1.80. The van der Waals surface area contributed by atoms with Crippen molar-refractivity contribution in [3.8, 4) is 0 Å². The molecule has 1 atom stereocenters. The van der Waals surface area contributed by atoms with Gasteiger partial charge in [0.1, 0.15) is 0 Å². The van der Waals surface area contributed by atoms with Gasteiger partial charge in [-0.3, -0.25) is 0 Å². The molecule has 0 aromatic heterocycles. The lowest BCUT2D eigenvalue weighted by atomic mass is 10.1. The first kappa shape index (κ1) is 9.96. The number of hydrogen-bond donors (Lipinski definition) is 1. The smallest absolute Gasteiger partial charge is 0.00674 e. The molecular weight excluding hydrogens is 122 g/mol. The van der Waals surface area contributed by atoms with Crippen LogP contribution in [-0.4, -0.2) is 12.6 Å². The zero-order valence-corrected chi connectivity index (χ0v) is 7.61. The number of rotatable bonds is 2. The fraction of sp³-hybridized carbons (Fsp3) is 1.00. The quantitative estimate of drug-likeness (QED) is 0.630. The Bertz CT molecular complexity index is 60.6. The van der Waals surface area contributed by atoms with E-state index in [0.717, 1.165) is 6.04 Å². The molecule has 0 aliphatic carbocycles. The summed E-state index contributed by atoms with van der Waals surface area (Å²) in [6.07, 6.45) is 5.51. The van der Waals surface area contributed by atoms with Crippen LogP contribution in [0.15, 0.2) is 0 Å². The van der Waals surface area contributed by atoms with Gasteiger partial charge in [-0.2, -0.15) is 0 Å². The SMILES string of the molecule is CC.CCC[C@@H]1CCCN1.[HH]. The Balaban J connectivity index is 0. The van der Waals surface area contributed by atoms with Crippen molar-refractivity contribution >= 4 is 0 Å². The molecule has 1 N–H and O–H groups in total. The first-order chi connectivity index (χ1) is 4.93. The van der Waals surface area contributed by atoms with Crippen LogP contribution in [0.5, 0.6) is 0 Å². The van der Waals surface area contributed by atoms with Crippen LogP contribution < -0.4 is 5.32 Å². The lowest BCUT2D eigenvalue weighted by molar-refractivity contribution is 0.551. The summed E-state index contributed by atoms with van der Waals surface area (Å²) in [5.74, 6) is 0. The molecule has 1 heteroatoms. The van der Waals surface area contributed by atoms with E-state index in [0.29, 0.717) is 0 Å². The second-order valence-electron chi connectivity index (χ2n) is 2.58. The average Bonchev–Trinajstić information content (AvgIpc) is 2.46. The maximum absolute atomic E-state index is 3.46. The standard InChI is InChI=1S/C7H15N.C2H6.H2/c1-2-4-7-5-3-6-8-7;1-2;/h7-8H,2-6H2,1H3;1-2H3;1H/t7-;;/m1../s1. The molecule has 0 radical (unpaired) electrons. The molecule has 0 aromatic carbocycles. The minimum absolute atomic E-state index is 0. The topological polar surface area (TPSA) is 12.0 Å². The molecular formula is C9H23N. The zero-order valence-electron chi connectivity index (χ0n) is 7.61. The molecule has 1 fully saturated rings. The maximum Gasteiger partial charge on any atom is 0.00674 e. The molecule has 0 spiro atoms. The van der Waals surface area contributed by atoms with E-state index < -0.39 is 0 Å². The lowest BCUT2D eigenvalue weighted by Gasteiger charge is -2.05. The van der Waals surface area contributed by atoms with Gasteiger partial charge in [0.05, 0.1) is 0 Å². The van der Waals surface area contributed by atoms with Crippen LogP contribution in [0.3, 0.4) is 0 Å². The second-order valence-corrected chi connectivity index (χ2v) is 2.58. The molecule has 0 amide bonds. The second kappa shape index (κ2) is 7.07. The van der Waals surface area contributed by atoms with Gasteiger partial charge in [-0.05, 0) is 25.8 Å². The highest BCUT2D eigenvalue weighted by Gasteiger charge is 2.11. The molecule has 10 heavy (non-hydrogen) atoms. The molecule has 0 aromatic rings. The molecule has 0 saturated carbocycles. The average molecular weight is 145 g/mol. The minimum atomic E-state index is 0. The van der Waals surface area contributed by atoms with Crippen LogP contribution in [-0.2, 0) is 0 Å². The molecule has 0 bridgehead atoms. The number of nitrogens with one attached hydrogen (secondary N) is 1. The fourth-order valence-corrected chi connectivity index (χ4v) is 1.35. The van der Waals surface area contributed by atoms with Gasteiger partial charge in [0.15, 0.2) is 0 Å². The Morgan fingerprint density at radius 2 is 2.20 bits per heavy atom. The van der Waals surface area contributed by atoms with E-state index >= 15 is 0 Å². The highest BCUT2D eigenvalue weighted by molar-refractivity contribution is 4.72. The van der Waals surface area contributed by atoms with Crippen LogP contribution in [0.2, 0.25) is 0 Å². The summed E-state index contributed by atoms with van der Waals surface area (Å²) in [6.45, 7) is 7.50. The Kier molecular flexibility index (Phi) is 7.04. The van der Waals surface area contributed by atoms with Crippen LogP contribution in [0.25, 0.3) is 0 Å². The third-order valence-corrected chi connectivity index (χ3v) is 1.80. The van der Waals surface area contributed by atoms with Crippen molar-refractivity contribution in [2.45, 2.75) is 52.5 Å². The van der Waals surface area contributed by atoms with Crippen molar-refractivity contribution < 1.29 is 1.43 Å². The van der Waals surface area contributed by atoms with Gasteiger partial charge in [0, 0.05) is 7.47 Å². The van der Waals surface area contributed by atoms with Gasteiger partial charge in [0.25, 0.3) is 0 Å². The lowest BCUT2D eigenvalue weighted by Crippen LogP contribution is -2.20. The minimum Gasteiger partial charge on any atom is -0.314 e. The zero-order chi connectivity index (χ0) is 7.82. The molecule has 0 unspecified atom stereocenters. The van der Waals surface area contributed by atoms with Crippen LogP contribution in [0.1, 0.15) is 47.9 Å². The van der Waals surface area contributed by atoms with E-state index in [4.69, 9.17) is 0 Å². The van der Waals surface area contributed by atoms with E-state index in [9.17, 15) is 0 Å². The molecule has 1 nitrogen and oxygen atoms in total. The van der Waals surface area contributed by atoms with Gasteiger partial charge in [-0.25, -0.2) is 0 Å². The fourth-order valence-electron chi connectivity index (χ4n) is 1.35. The normalized spacial score (nSPS) is 23.7. The predicted octanol–water partition coefficient (Wildman–Crippen LogP) is 2.81. The Hall–Kier alpha value is -0.0400. The van der Waals surface area contributed by atoms with E-state index in [2.05, 4.69) is 12.2 Å². The summed E-state index contributed by atoms with van der Waals surface area (Å²) in [5.41, 5.74) is 0. The van der Waals surface area contributed by atoms with Crippen molar-refractivity contribution in [1.82, 2.24) is 5.32 Å². The highest BCUT2D eigenvalue weighted by Crippen LogP contribution is 2.09. The van der Waals surface area contributed by atoms with E-state index in [1.165, 1.54) is 32.2 Å². The molecule has 64 valence electrons. The van der Waals surface area contributed by atoms with Gasteiger partial charge in [0.2, 0.25) is 0 Å². The van der Waals surface area contributed by atoms with Crippen molar-refractivity contribution in [2.24, 2.45) is 0 Å². The monoisotopic (exact) mass is 145 g/mol. The van der Waals surface area contributed by atoms with Gasteiger partial charge < -0.3 is 5.32 Å². The Morgan fingerprint density at radius 1 is 1.50 bits per heavy atom. The predicted molar refractivity (Wildman–Crippen MR) is 49.4 cm³/mol. The summed E-state index contributed by atoms with van der Waals surface area (Å²) < 4.78 is 0. The van der Waals surface area contributed by atoms with Crippen molar-refractivity contribution in [2.75, 3.05) is 6.54 Å². The molecule has 1 aliphatic heterocycles. The summed E-state index contributed by atoms with van der Waals surface area (Å²) in [7, 11) is 0. The first-order valence-electron chi connectivity index (χ1n) is 4.67. The number of hydrogen-bond acceptors (Lipinski definition) is 1. The van der Waals surface area contributed by atoms with Crippen LogP contribution in [0.4, 0.5) is 0 Å². The van der Waals surface area contributed by atoms with Gasteiger partial charge >= 0.3 is 0 Å². The van der Waals surface area contributed by atoms with Gasteiger partial charge in [-0.1, -0.05) is 27.2 Å². The van der Waals surface area contributed by atoms with E-state index in [-0.39, 0.29) is 1.43 Å². The van der Waals surface area contributed by atoms with Crippen LogP contribution >= 0.6 is 0 Å². The summed E-state index contributed by atoms with van der Waals surface area (Å²) in [5, 5.41) is 3.46.